The normalized spacial score (nSPS) is 14.0. The zero-order valence-corrected chi connectivity index (χ0v) is 10.5. The van der Waals surface area contributed by atoms with E-state index in [1.165, 1.54) is 18.2 Å². The van der Waals surface area contributed by atoms with Crippen LogP contribution in [0.2, 0.25) is 0 Å². The van der Waals surface area contributed by atoms with Crippen molar-refractivity contribution in [3.63, 3.8) is 0 Å². The van der Waals surface area contributed by atoms with Crippen molar-refractivity contribution >= 4 is 5.97 Å². The van der Waals surface area contributed by atoms with E-state index in [4.69, 9.17) is 10.2 Å². The average Bonchev–Trinajstić information content (AvgIpc) is 2.38. The number of alkyl halides is 6. The molecule has 0 spiro atoms. The first-order valence-electron chi connectivity index (χ1n) is 5.51. The number of carbonyl (C=O) groups is 1. The lowest BCUT2D eigenvalue weighted by atomic mass is 9.96. The summed E-state index contributed by atoms with van der Waals surface area (Å²) in [6.07, 6.45) is 1.93. The van der Waals surface area contributed by atoms with Crippen molar-refractivity contribution in [1.29, 1.82) is 0 Å². The van der Waals surface area contributed by atoms with E-state index in [0.717, 1.165) is 12.4 Å². The van der Waals surface area contributed by atoms with Crippen molar-refractivity contribution < 1.29 is 51.0 Å². The Morgan fingerprint density at radius 2 is 1.41 bits per heavy atom. The molecule has 0 radical (unpaired) electrons. The van der Waals surface area contributed by atoms with Gasteiger partial charge in [-0.25, -0.2) is 0 Å². The van der Waals surface area contributed by atoms with Crippen LogP contribution in [0.1, 0.15) is 0 Å². The van der Waals surface area contributed by atoms with Crippen LogP contribution in [-0.2, 0) is 11.3 Å². The molecule has 0 aliphatic carbocycles. The quantitative estimate of drug-likeness (QED) is 0.410. The Bertz CT molecular complexity index is 549. The maximum Gasteiger partial charge on any atom is 0.383 e. The van der Waals surface area contributed by atoms with Crippen LogP contribution in [0.15, 0.2) is 30.6 Å². The van der Waals surface area contributed by atoms with Gasteiger partial charge in [0.1, 0.15) is 5.97 Å². The smallest absolute Gasteiger partial charge is 0.383 e. The number of carbonyl (C=O) groups excluding carboxylic acids is 1. The summed E-state index contributed by atoms with van der Waals surface area (Å²) in [5.41, 5.74) is 0. The van der Waals surface area contributed by atoms with Crippen LogP contribution in [-0.4, -0.2) is 39.7 Å². The molecule has 124 valence electrons. The third-order valence-electron chi connectivity index (χ3n) is 2.73. The molecule has 0 saturated heterocycles. The zero-order chi connectivity index (χ0) is 17.4. The van der Waals surface area contributed by atoms with Gasteiger partial charge in [-0.05, 0) is 0 Å². The Morgan fingerprint density at radius 1 is 0.955 bits per heavy atom. The van der Waals surface area contributed by atoms with Gasteiger partial charge in [-0.1, -0.05) is 6.07 Å². The second-order valence-electron chi connectivity index (χ2n) is 4.38. The van der Waals surface area contributed by atoms with Crippen molar-refractivity contribution in [1.82, 2.24) is 0 Å². The van der Waals surface area contributed by atoms with E-state index in [9.17, 15) is 36.2 Å². The fourth-order valence-electron chi connectivity index (χ4n) is 1.47. The number of carboxylic acid groups (broad SMARTS) is 1. The van der Waals surface area contributed by atoms with E-state index in [-0.39, 0.29) is 0 Å². The number of aliphatic carboxylic acids is 1. The first kappa shape index (κ1) is 18.2. The van der Waals surface area contributed by atoms with Gasteiger partial charge in [-0.3, -0.25) is 0 Å². The molecule has 0 amide bonds. The maximum atomic E-state index is 13.5. The summed E-state index contributed by atoms with van der Waals surface area (Å²) in [5, 5.41) is 28.2. The largest absolute Gasteiger partial charge is 0.544 e. The topological polar surface area (TPSA) is 84.5 Å². The highest BCUT2D eigenvalue weighted by Gasteiger charge is 2.80. The summed E-state index contributed by atoms with van der Waals surface area (Å²) >= 11 is 0. The predicted molar refractivity (Wildman–Crippen MR) is 53.7 cm³/mol. The lowest BCUT2D eigenvalue weighted by Crippen LogP contribution is -2.71. The van der Waals surface area contributed by atoms with E-state index in [1.807, 2.05) is 0 Å². The summed E-state index contributed by atoms with van der Waals surface area (Å²) < 4.78 is 79.5. The number of carboxylic acids is 1. The average molecular weight is 333 g/mol. The van der Waals surface area contributed by atoms with E-state index in [1.54, 1.807) is 0 Å². The summed E-state index contributed by atoms with van der Waals surface area (Å²) in [4.78, 5) is 9.96. The van der Waals surface area contributed by atoms with Gasteiger partial charge in [0.2, 0.25) is 6.54 Å². The summed E-state index contributed by atoms with van der Waals surface area (Å²) in [5.74, 6) is -27.6. The van der Waals surface area contributed by atoms with Crippen molar-refractivity contribution in [2.75, 3.05) is 0 Å². The van der Waals surface area contributed by atoms with E-state index >= 15 is 0 Å². The Balaban J connectivity index is 3.23. The minimum Gasteiger partial charge on any atom is -0.544 e. The lowest BCUT2D eigenvalue weighted by molar-refractivity contribution is -0.726. The molecule has 1 rings (SSSR count). The number of hydrogen-bond donors (Lipinski definition) is 2. The van der Waals surface area contributed by atoms with Gasteiger partial charge < -0.3 is 20.1 Å². The number of pyridine rings is 1. The van der Waals surface area contributed by atoms with Gasteiger partial charge in [0.25, 0.3) is 5.79 Å². The van der Waals surface area contributed by atoms with E-state index in [2.05, 4.69) is 0 Å². The molecule has 0 bridgehead atoms. The van der Waals surface area contributed by atoms with Crippen molar-refractivity contribution in [3.8, 4) is 0 Å². The highest BCUT2D eigenvalue weighted by molar-refractivity contribution is 5.75. The van der Waals surface area contributed by atoms with Crippen LogP contribution < -0.4 is 9.67 Å². The minimum absolute atomic E-state index is 0.598. The molecule has 0 fully saturated rings. The number of halogens is 6. The molecule has 5 nitrogen and oxygen atoms in total. The van der Waals surface area contributed by atoms with Crippen molar-refractivity contribution in [2.45, 2.75) is 30.1 Å². The van der Waals surface area contributed by atoms with Crippen LogP contribution >= 0.6 is 0 Å². The van der Waals surface area contributed by atoms with Gasteiger partial charge in [-0.15, -0.1) is 0 Å². The molecule has 0 aliphatic rings. The van der Waals surface area contributed by atoms with Gasteiger partial charge in [0.15, 0.2) is 12.4 Å². The third kappa shape index (κ3) is 2.73. The van der Waals surface area contributed by atoms with Gasteiger partial charge in [0, 0.05) is 12.1 Å². The van der Waals surface area contributed by atoms with Crippen LogP contribution in [0.25, 0.3) is 0 Å². The molecule has 1 heterocycles. The Hall–Kier alpha value is -1.88. The summed E-state index contributed by atoms with van der Waals surface area (Å²) in [6, 6.07) is 3.80. The Kier molecular flexibility index (Phi) is 4.45. The molecular weight excluding hydrogens is 324 g/mol. The highest BCUT2D eigenvalue weighted by atomic mass is 19.3. The monoisotopic (exact) mass is 333 g/mol. The minimum atomic E-state index is -6.61. The maximum absolute atomic E-state index is 13.5. The molecule has 0 saturated carbocycles. The highest BCUT2D eigenvalue weighted by Crippen LogP contribution is 2.49. The van der Waals surface area contributed by atoms with Gasteiger partial charge in [0.05, 0.1) is 0 Å². The third-order valence-corrected chi connectivity index (χ3v) is 2.73. The van der Waals surface area contributed by atoms with Crippen molar-refractivity contribution in [3.05, 3.63) is 30.6 Å². The van der Waals surface area contributed by atoms with Gasteiger partial charge >= 0.3 is 17.8 Å². The van der Waals surface area contributed by atoms with Crippen LogP contribution in [0.5, 0.6) is 0 Å². The molecule has 11 heteroatoms. The zero-order valence-electron chi connectivity index (χ0n) is 10.5. The SMILES string of the molecule is O=C([O-])C(F)(F)C(F)(F)C(F)(F)C(O)(O)C[n+]1ccccc1. The number of rotatable bonds is 6. The molecule has 0 unspecified atom stereocenters. The first-order chi connectivity index (χ1) is 9.77. The molecular formula is C11H9F6NO4. The van der Waals surface area contributed by atoms with Crippen molar-refractivity contribution in [2.24, 2.45) is 0 Å². The number of nitrogens with zero attached hydrogens (tertiary/aromatic N) is 1. The summed E-state index contributed by atoms with van der Waals surface area (Å²) in [7, 11) is 0. The molecule has 1 aromatic heterocycles. The second-order valence-corrected chi connectivity index (χ2v) is 4.38. The fourth-order valence-corrected chi connectivity index (χ4v) is 1.47. The molecule has 2 N–H and O–H groups in total. The van der Waals surface area contributed by atoms with Crippen LogP contribution in [0.4, 0.5) is 26.3 Å². The number of hydrogen-bond acceptors (Lipinski definition) is 4. The Labute approximate surface area is 119 Å². The fraction of sp³-hybridized carbons (Fsp3) is 0.455. The lowest BCUT2D eigenvalue weighted by Gasteiger charge is -2.37. The molecule has 0 aliphatic heterocycles. The standard InChI is InChI=1S/C11H9F6NO4/c12-9(13,7(19)20)11(16,17)10(14,15)8(21,22)6-18-4-2-1-3-5-18/h1-5,21-22H,6H2. The summed E-state index contributed by atoms with van der Waals surface area (Å²) in [6.45, 7) is -1.63. The van der Waals surface area contributed by atoms with E-state index < -0.39 is 36.1 Å². The van der Waals surface area contributed by atoms with E-state index in [0.29, 0.717) is 4.57 Å². The van der Waals surface area contributed by atoms with Crippen LogP contribution in [0.3, 0.4) is 0 Å². The molecule has 0 aromatic carbocycles. The van der Waals surface area contributed by atoms with Gasteiger partial charge in [-0.2, -0.15) is 30.9 Å². The van der Waals surface area contributed by atoms with Crippen LogP contribution in [0, 0.1) is 0 Å². The molecule has 0 atom stereocenters. The number of aliphatic hydroxyl groups is 2. The first-order valence-corrected chi connectivity index (χ1v) is 5.51. The molecule has 22 heavy (non-hydrogen) atoms. The number of aromatic nitrogens is 1. The predicted octanol–water partition coefficient (Wildman–Crippen LogP) is -0.689. The second kappa shape index (κ2) is 5.39. The molecule has 1 aromatic rings. The Morgan fingerprint density at radius 3 is 1.82 bits per heavy atom.